The summed E-state index contributed by atoms with van der Waals surface area (Å²) in [4.78, 5) is 23.9. The Bertz CT molecular complexity index is 1020. The molecule has 0 fully saturated rings. The molecule has 0 saturated heterocycles. The number of hydrogen-bond acceptors (Lipinski definition) is 4. The average molecular weight is 394 g/mol. The van der Waals surface area contributed by atoms with E-state index in [1.54, 1.807) is 29.2 Å². The van der Waals surface area contributed by atoms with Crippen molar-refractivity contribution in [2.24, 2.45) is 0 Å². The van der Waals surface area contributed by atoms with Crippen LogP contribution in [0.1, 0.15) is 12.5 Å². The molecule has 2 amide bonds. The lowest BCUT2D eigenvalue weighted by Crippen LogP contribution is -2.46. The molecule has 148 valence electrons. The first-order valence-electron chi connectivity index (χ1n) is 8.82. The van der Waals surface area contributed by atoms with Crippen molar-refractivity contribution in [2.75, 3.05) is 0 Å². The van der Waals surface area contributed by atoms with Gasteiger partial charge in [0.25, 0.3) is 11.8 Å². The number of halogens is 1. The van der Waals surface area contributed by atoms with Crippen LogP contribution >= 0.6 is 0 Å². The van der Waals surface area contributed by atoms with Gasteiger partial charge in [-0.15, -0.1) is 0 Å². The van der Waals surface area contributed by atoms with Crippen LogP contribution in [0.3, 0.4) is 0 Å². The molecule has 2 aromatic carbocycles. The number of benzene rings is 2. The first-order valence-corrected chi connectivity index (χ1v) is 8.82. The number of hydrogen-bond donors (Lipinski definition) is 2. The van der Waals surface area contributed by atoms with Crippen molar-refractivity contribution in [3.05, 3.63) is 84.4 Å². The minimum Gasteiger partial charge on any atom is -0.478 e. The van der Waals surface area contributed by atoms with Gasteiger partial charge in [-0.25, -0.2) is 9.07 Å². The standard InChI is InChI=1S/C21H19FN4O3/c1-15(29-19-10-6-5-9-18(19)22)21(28)25-24-20(27)12-11-16-13-23-26(14-16)17-7-3-2-4-8-17/h2-15H,1H3,(H,24,27)(H,25,28)/b12-11+/t15-/m0/s1. The highest BCUT2D eigenvalue weighted by atomic mass is 19.1. The zero-order valence-electron chi connectivity index (χ0n) is 15.6. The maximum absolute atomic E-state index is 13.6. The molecule has 29 heavy (non-hydrogen) atoms. The summed E-state index contributed by atoms with van der Waals surface area (Å²) in [5.74, 6) is -1.78. The van der Waals surface area contributed by atoms with Crippen molar-refractivity contribution in [1.82, 2.24) is 20.6 Å². The monoisotopic (exact) mass is 394 g/mol. The molecule has 1 aromatic heterocycles. The number of amides is 2. The molecule has 3 aromatic rings. The van der Waals surface area contributed by atoms with Crippen molar-refractivity contribution in [3.8, 4) is 11.4 Å². The smallest absolute Gasteiger partial charge is 0.279 e. The maximum Gasteiger partial charge on any atom is 0.279 e. The van der Waals surface area contributed by atoms with Gasteiger partial charge in [-0.2, -0.15) is 5.10 Å². The molecule has 1 atom stereocenters. The molecule has 3 rings (SSSR count). The lowest BCUT2D eigenvalue weighted by atomic mass is 10.3. The Morgan fingerprint density at radius 2 is 1.83 bits per heavy atom. The average Bonchev–Trinajstić information content (AvgIpc) is 3.22. The number of carbonyl (C=O) groups excluding carboxylic acids is 2. The summed E-state index contributed by atoms with van der Waals surface area (Å²) in [6, 6.07) is 15.3. The number of rotatable bonds is 6. The molecule has 0 radical (unpaired) electrons. The van der Waals surface area contributed by atoms with Crippen LogP contribution in [0.15, 0.2) is 73.1 Å². The Morgan fingerprint density at radius 3 is 2.59 bits per heavy atom. The predicted molar refractivity (Wildman–Crippen MR) is 105 cm³/mol. The minimum atomic E-state index is -1.000. The summed E-state index contributed by atoms with van der Waals surface area (Å²) in [5, 5.41) is 4.23. The molecule has 2 N–H and O–H groups in total. The minimum absolute atomic E-state index is 0.0446. The van der Waals surface area contributed by atoms with E-state index < -0.39 is 23.7 Å². The van der Waals surface area contributed by atoms with Gasteiger partial charge >= 0.3 is 0 Å². The van der Waals surface area contributed by atoms with Crippen molar-refractivity contribution < 1.29 is 18.7 Å². The normalized spacial score (nSPS) is 11.8. The van der Waals surface area contributed by atoms with Gasteiger partial charge < -0.3 is 4.74 Å². The topological polar surface area (TPSA) is 85.2 Å². The lowest BCUT2D eigenvalue weighted by Gasteiger charge is -2.15. The van der Waals surface area contributed by atoms with Crippen LogP contribution in [0.4, 0.5) is 4.39 Å². The molecule has 0 bridgehead atoms. The van der Waals surface area contributed by atoms with E-state index in [0.29, 0.717) is 5.56 Å². The summed E-state index contributed by atoms with van der Waals surface area (Å²) < 4.78 is 20.5. The van der Waals surface area contributed by atoms with E-state index >= 15 is 0 Å². The molecule has 0 aliphatic carbocycles. The molecule has 0 saturated carbocycles. The molecule has 0 spiro atoms. The van der Waals surface area contributed by atoms with Crippen LogP contribution in [0.5, 0.6) is 5.75 Å². The lowest BCUT2D eigenvalue weighted by molar-refractivity contribution is -0.131. The van der Waals surface area contributed by atoms with E-state index in [-0.39, 0.29) is 5.75 Å². The number of nitrogens with zero attached hydrogens (tertiary/aromatic N) is 2. The molecular formula is C21H19FN4O3. The Hall–Kier alpha value is -3.94. The summed E-state index contributed by atoms with van der Waals surface area (Å²) in [6.07, 6.45) is 5.20. The molecule has 1 heterocycles. The number of carbonyl (C=O) groups is 2. The maximum atomic E-state index is 13.6. The zero-order chi connectivity index (χ0) is 20.6. The Morgan fingerprint density at radius 1 is 1.10 bits per heavy atom. The van der Waals surface area contributed by atoms with Gasteiger partial charge in [0.2, 0.25) is 0 Å². The fourth-order valence-corrected chi connectivity index (χ4v) is 2.37. The second-order valence-electron chi connectivity index (χ2n) is 6.06. The van der Waals surface area contributed by atoms with Gasteiger partial charge in [-0.1, -0.05) is 30.3 Å². The molecular weight excluding hydrogens is 375 g/mol. The highest BCUT2D eigenvalue weighted by Crippen LogP contribution is 2.16. The van der Waals surface area contributed by atoms with E-state index in [9.17, 15) is 14.0 Å². The van der Waals surface area contributed by atoms with E-state index in [1.165, 1.54) is 31.2 Å². The van der Waals surface area contributed by atoms with Crippen molar-refractivity contribution >= 4 is 17.9 Å². The highest BCUT2D eigenvalue weighted by molar-refractivity contribution is 5.93. The van der Waals surface area contributed by atoms with E-state index in [0.717, 1.165) is 5.69 Å². The van der Waals surface area contributed by atoms with Gasteiger partial charge in [0.15, 0.2) is 17.7 Å². The molecule has 8 heteroatoms. The summed E-state index contributed by atoms with van der Waals surface area (Å²) >= 11 is 0. The SMILES string of the molecule is C[C@H](Oc1ccccc1F)C(=O)NNC(=O)/C=C/c1cnn(-c2ccccc2)c1. The third-order valence-corrected chi connectivity index (χ3v) is 3.87. The largest absolute Gasteiger partial charge is 0.478 e. The van der Waals surface area contributed by atoms with Gasteiger partial charge in [0.05, 0.1) is 11.9 Å². The molecule has 7 nitrogen and oxygen atoms in total. The van der Waals surface area contributed by atoms with Crippen LogP contribution in [0, 0.1) is 5.82 Å². The van der Waals surface area contributed by atoms with Gasteiger partial charge in [-0.3, -0.25) is 20.4 Å². The van der Waals surface area contributed by atoms with Crippen molar-refractivity contribution in [3.63, 3.8) is 0 Å². The number of nitrogens with one attached hydrogen (secondary N) is 2. The van der Waals surface area contributed by atoms with E-state index in [1.807, 2.05) is 30.3 Å². The second kappa shape index (κ2) is 9.32. The van der Waals surface area contributed by atoms with Crippen LogP contribution in [-0.4, -0.2) is 27.7 Å². The highest BCUT2D eigenvalue weighted by Gasteiger charge is 2.16. The Balaban J connectivity index is 1.49. The first kappa shape index (κ1) is 19.8. The van der Waals surface area contributed by atoms with Gasteiger partial charge in [-0.05, 0) is 37.3 Å². The number of ether oxygens (including phenoxy) is 1. The van der Waals surface area contributed by atoms with Crippen LogP contribution in [0.2, 0.25) is 0 Å². The first-order chi connectivity index (χ1) is 14.0. The quantitative estimate of drug-likeness (QED) is 0.497. The number of para-hydroxylation sites is 2. The summed E-state index contributed by atoms with van der Waals surface area (Å²) in [5.41, 5.74) is 6.09. The molecule has 0 aliphatic rings. The van der Waals surface area contributed by atoms with Gasteiger partial charge in [0, 0.05) is 17.8 Å². The van der Waals surface area contributed by atoms with E-state index in [4.69, 9.17) is 4.74 Å². The summed E-state index contributed by atoms with van der Waals surface area (Å²) in [7, 11) is 0. The van der Waals surface area contributed by atoms with Crippen LogP contribution in [0.25, 0.3) is 11.8 Å². The second-order valence-corrected chi connectivity index (χ2v) is 6.06. The predicted octanol–water partition coefficient (Wildman–Crippen LogP) is 2.64. The van der Waals surface area contributed by atoms with Gasteiger partial charge in [0.1, 0.15) is 0 Å². The Kier molecular flexibility index (Phi) is 6.36. The van der Waals surface area contributed by atoms with Crippen molar-refractivity contribution in [1.29, 1.82) is 0 Å². The fourth-order valence-electron chi connectivity index (χ4n) is 2.37. The van der Waals surface area contributed by atoms with Crippen molar-refractivity contribution in [2.45, 2.75) is 13.0 Å². The van der Waals surface area contributed by atoms with Crippen LogP contribution < -0.4 is 15.6 Å². The third kappa shape index (κ3) is 5.52. The fraction of sp³-hybridized carbons (Fsp3) is 0.0952. The molecule has 0 aliphatic heterocycles. The number of aromatic nitrogens is 2. The van der Waals surface area contributed by atoms with Crippen LogP contribution in [-0.2, 0) is 9.59 Å². The van der Waals surface area contributed by atoms with E-state index in [2.05, 4.69) is 16.0 Å². The molecule has 0 unspecified atom stereocenters. The summed E-state index contributed by atoms with van der Waals surface area (Å²) in [6.45, 7) is 1.45. The number of hydrazine groups is 1. The zero-order valence-corrected chi connectivity index (χ0v) is 15.6. The Labute approximate surface area is 166 Å². The third-order valence-electron chi connectivity index (χ3n) is 3.87.